The van der Waals surface area contributed by atoms with Crippen LogP contribution in [0, 0.1) is 5.92 Å². The van der Waals surface area contributed by atoms with Gasteiger partial charge in [-0.1, -0.05) is 25.0 Å². The molecule has 1 saturated carbocycles. The van der Waals surface area contributed by atoms with E-state index >= 15 is 0 Å². The van der Waals surface area contributed by atoms with Crippen LogP contribution in [0.3, 0.4) is 0 Å². The van der Waals surface area contributed by atoms with Crippen LogP contribution in [0.25, 0.3) is 11.4 Å². The number of hydrogen-bond acceptors (Lipinski definition) is 4. The van der Waals surface area contributed by atoms with E-state index in [4.69, 9.17) is 0 Å². The fourth-order valence-electron chi connectivity index (χ4n) is 3.12. The first kappa shape index (κ1) is 17.1. The molecule has 1 atom stereocenters. The molecule has 3 rings (SSSR count). The zero-order valence-electron chi connectivity index (χ0n) is 14.5. The van der Waals surface area contributed by atoms with Crippen molar-refractivity contribution < 1.29 is 9.59 Å². The number of carbonyl (C=O) groups is 2. The Bertz CT molecular complexity index is 764. The highest BCUT2D eigenvalue weighted by molar-refractivity contribution is 5.97. The van der Waals surface area contributed by atoms with Gasteiger partial charge in [-0.25, -0.2) is 0 Å². The van der Waals surface area contributed by atoms with Gasteiger partial charge in [0.15, 0.2) is 5.82 Å². The van der Waals surface area contributed by atoms with Crippen LogP contribution in [-0.2, 0) is 16.6 Å². The Morgan fingerprint density at radius 3 is 2.72 bits per heavy atom. The predicted molar refractivity (Wildman–Crippen MR) is 94.6 cm³/mol. The number of carbonyl (C=O) groups excluding carboxylic acids is 2. The average Bonchev–Trinajstić information content (AvgIpc) is 3.26. The van der Waals surface area contributed by atoms with Crippen LogP contribution in [0.2, 0.25) is 0 Å². The lowest BCUT2D eigenvalue weighted by Crippen LogP contribution is -2.43. The maximum absolute atomic E-state index is 12.4. The molecule has 0 bridgehead atoms. The number of nitrogens with zero attached hydrogens (tertiary/aromatic N) is 3. The van der Waals surface area contributed by atoms with Gasteiger partial charge in [0.1, 0.15) is 12.4 Å². The number of aryl methyl sites for hydroxylation is 1. The molecule has 132 valence electrons. The second-order valence-corrected chi connectivity index (χ2v) is 6.55. The van der Waals surface area contributed by atoms with Crippen LogP contribution in [0.15, 0.2) is 30.6 Å². The highest BCUT2D eigenvalue weighted by Crippen LogP contribution is 2.25. The lowest BCUT2D eigenvalue weighted by Gasteiger charge is -2.17. The van der Waals surface area contributed by atoms with Crippen molar-refractivity contribution >= 4 is 17.5 Å². The number of nitrogens with one attached hydrogen (secondary N) is 2. The molecule has 0 saturated heterocycles. The van der Waals surface area contributed by atoms with Crippen LogP contribution in [0.4, 0.5) is 5.69 Å². The summed E-state index contributed by atoms with van der Waals surface area (Å²) in [6.07, 6.45) is 5.64. The van der Waals surface area contributed by atoms with E-state index in [2.05, 4.69) is 20.8 Å². The minimum absolute atomic E-state index is 0.0204. The number of aromatic nitrogens is 3. The normalized spacial score (nSPS) is 15.8. The number of rotatable bonds is 5. The summed E-state index contributed by atoms with van der Waals surface area (Å²) in [6, 6.07) is 6.83. The van der Waals surface area contributed by atoms with E-state index in [1.54, 1.807) is 13.3 Å². The number of benzene rings is 1. The van der Waals surface area contributed by atoms with Crippen molar-refractivity contribution in [2.75, 3.05) is 5.32 Å². The molecule has 1 fully saturated rings. The maximum Gasteiger partial charge on any atom is 0.246 e. The molecule has 25 heavy (non-hydrogen) atoms. The second kappa shape index (κ2) is 7.46. The molecule has 2 amide bonds. The van der Waals surface area contributed by atoms with Crippen molar-refractivity contribution in [2.24, 2.45) is 13.0 Å². The molecule has 2 N–H and O–H groups in total. The summed E-state index contributed by atoms with van der Waals surface area (Å²) in [7, 11) is 1.86. The van der Waals surface area contributed by atoms with Gasteiger partial charge in [-0.2, -0.15) is 0 Å². The van der Waals surface area contributed by atoms with Gasteiger partial charge in [-0.15, -0.1) is 10.2 Å². The maximum atomic E-state index is 12.4. The molecule has 0 aliphatic heterocycles. The zero-order valence-corrected chi connectivity index (χ0v) is 14.5. The fraction of sp³-hybridized carbons (Fsp3) is 0.444. The molecule has 0 unspecified atom stereocenters. The Labute approximate surface area is 146 Å². The Hall–Kier alpha value is -2.70. The fourth-order valence-corrected chi connectivity index (χ4v) is 3.12. The van der Waals surface area contributed by atoms with Crippen molar-refractivity contribution in [3.8, 4) is 11.4 Å². The first-order valence-corrected chi connectivity index (χ1v) is 8.60. The third kappa shape index (κ3) is 4.04. The summed E-state index contributed by atoms with van der Waals surface area (Å²) >= 11 is 0. The van der Waals surface area contributed by atoms with E-state index in [0.29, 0.717) is 5.69 Å². The van der Waals surface area contributed by atoms with Gasteiger partial charge >= 0.3 is 0 Å². The van der Waals surface area contributed by atoms with E-state index in [1.807, 2.05) is 35.9 Å². The monoisotopic (exact) mass is 341 g/mol. The largest absolute Gasteiger partial charge is 0.344 e. The molecular formula is C18H23N5O2. The lowest BCUT2D eigenvalue weighted by atomic mass is 10.1. The van der Waals surface area contributed by atoms with E-state index < -0.39 is 6.04 Å². The van der Waals surface area contributed by atoms with Gasteiger partial charge in [0.05, 0.1) is 0 Å². The highest BCUT2D eigenvalue weighted by Gasteiger charge is 2.25. The standard InChI is InChI=1S/C18H23N5O2/c1-12(20-18(25)13-6-3-4-7-13)17(24)21-15-9-5-8-14(10-15)16-22-19-11-23(16)2/h5,8-13H,3-4,6-7H2,1-2H3,(H,20,25)(H,21,24)/t12-/m1/s1. The minimum atomic E-state index is -0.577. The van der Waals surface area contributed by atoms with Crippen molar-refractivity contribution in [1.82, 2.24) is 20.1 Å². The van der Waals surface area contributed by atoms with Gasteiger partial charge < -0.3 is 15.2 Å². The lowest BCUT2D eigenvalue weighted by molar-refractivity contribution is -0.128. The van der Waals surface area contributed by atoms with Crippen LogP contribution in [0.1, 0.15) is 32.6 Å². The van der Waals surface area contributed by atoms with Crippen LogP contribution in [0.5, 0.6) is 0 Å². The van der Waals surface area contributed by atoms with Gasteiger partial charge in [-0.3, -0.25) is 9.59 Å². The van der Waals surface area contributed by atoms with Crippen LogP contribution in [-0.4, -0.2) is 32.6 Å². The van der Waals surface area contributed by atoms with Crippen molar-refractivity contribution in [3.63, 3.8) is 0 Å². The number of anilines is 1. The van der Waals surface area contributed by atoms with Crippen molar-refractivity contribution in [3.05, 3.63) is 30.6 Å². The number of amides is 2. The topological polar surface area (TPSA) is 88.9 Å². The quantitative estimate of drug-likeness (QED) is 0.872. The van der Waals surface area contributed by atoms with E-state index in [-0.39, 0.29) is 17.7 Å². The van der Waals surface area contributed by atoms with Crippen molar-refractivity contribution in [2.45, 2.75) is 38.6 Å². The third-order valence-corrected chi connectivity index (χ3v) is 4.58. The summed E-state index contributed by atoms with van der Waals surface area (Å²) in [4.78, 5) is 24.5. The third-order valence-electron chi connectivity index (χ3n) is 4.58. The summed E-state index contributed by atoms with van der Waals surface area (Å²) in [5.74, 6) is 0.516. The van der Waals surface area contributed by atoms with E-state index in [9.17, 15) is 9.59 Å². The Morgan fingerprint density at radius 2 is 2.04 bits per heavy atom. The molecule has 7 heteroatoms. The van der Waals surface area contributed by atoms with Gasteiger partial charge in [0.2, 0.25) is 11.8 Å². The molecule has 1 aliphatic rings. The van der Waals surface area contributed by atoms with E-state index in [0.717, 1.165) is 37.1 Å². The molecule has 0 radical (unpaired) electrons. The van der Waals surface area contributed by atoms with Crippen LogP contribution < -0.4 is 10.6 Å². The smallest absolute Gasteiger partial charge is 0.246 e. The highest BCUT2D eigenvalue weighted by atomic mass is 16.2. The van der Waals surface area contributed by atoms with Gasteiger partial charge in [0.25, 0.3) is 0 Å². The SMILES string of the molecule is C[C@@H](NC(=O)C1CCCC1)C(=O)Nc1cccc(-c2nncn2C)c1. The summed E-state index contributed by atoms with van der Waals surface area (Å²) in [6.45, 7) is 1.70. The second-order valence-electron chi connectivity index (χ2n) is 6.55. The first-order valence-electron chi connectivity index (χ1n) is 8.60. The van der Waals surface area contributed by atoms with Crippen LogP contribution >= 0.6 is 0 Å². The van der Waals surface area contributed by atoms with E-state index in [1.165, 1.54) is 0 Å². The molecular weight excluding hydrogens is 318 g/mol. The van der Waals surface area contributed by atoms with Gasteiger partial charge in [0, 0.05) is 24.2 Å². The van der Waals surface area contributed by atoms with Gasteiger partial charge in [-0.05, 0) is 31.9 Å². The van der Waals surface area contributed by atoms with Crippen molar-refractivity contribution in [1.29, 1.82) is 0 Å². The summed E-state index contributed by atoms with van der Waals surface area (Å²) < 4.78 is 1.81. The molecule has 1 heterocycles. The first-order chi connectivity index (χ1) is 12.0. The molecule has 1 aromatic carbocycles. The Balaban J connectivity index is 1.62. The Kier molecular flexibility index (Phi) is 5.11. The molecule has 7 nitrogen and oxygen atoms in total. The summed E-state index contributed by atoms with van der Waals surface area (Å²) in [5.41, 5.74) is 1.52. The Morgan fingerprint density at radius 1 is 1.28 bits per heavy atom. The minimum Gasteiger partial charge on any atom is -0.344 e. The molecule has 2 aromatic rings. The molecule has 1 aromatic heterocycles. The number of hydrogen-bond donors (Lipinski definition) is 2. The average molecular weight is 341 g/mol. The zero-order chi connectivity index (χ0) is 17.8. The molecule has 1 aliphatic carbocycles. The molecule has 0 spiro atoms. The summed E-state index contributed by atoms with van der Waals surface area (Å²) in [5, 5.41) is 13.6. The predicted octanol–water partition coefficient (Wildman–Crippen LogP) is 2.12.